The Morgan fingerprint density at radius 1 is 1.05 bits per heavy atom. The van der Waals surface area contributed by atoms with Gasteiger partial charge in [-0.15, -0.1) is 0 Å². The highest BCUT2D eigenvalue weighted by atomic mass is 16.5. The summed E-state index contributed by atoms with van der Waals surface area (Å²) in [4.78, 5) is 11.7. The Morgan fingerprint density at radius 2 is 1.68 bits per heavy atom. The zero-order valence-corrected chi connectivity index (χ0v) is 12.3. The van der Waals surface area contributed by atoms with Crippen LogP contribution in [0.2, 0.25) is 0 Å². The Bertz CT molecular complexity index is 379. The summed E-state index contributed by atoms with van der Waals surface area (Å²) in [5.74, 6) is 1.50. The molecule has 0 bridgehead atoms. The molecule has 0 aliphatic heterocycles. The fourth-order valence-corrected chi connectivity index (χ4v) is 1.43. The Hall–Kier alpha value is -1.51. The van der Waals surface area contributed by atoms with E-state index in [9.17, 15) is 4.79 Å². The number of ether oxygens (including phenoxy) is 2. The fourth-order valence-electron chi connectivity index (χ4n) is 1.43. The van der Waals surface area contributed by atoms with Gasteiger partial charge in [0.15, 0.2) is 0 Å². The topological polar surface area (TPSA) is 35.5 Å². The molecule has 0 unspecified atom stereocenters. The first-order valence-corrected chi connectivity index (χ1v) is 6.89. The summed E-state index contributed by atoms with van der Waals surface area (Å²) in [5.41, 5.74) is 0.567. The molecule has 3 nitrogen and oxygen atoms in total. The van der Waals surface area contributed by atoms with Crippen molar-refractivity contribution in [2.45, 2.75) is 34.1 Å². The van der Waals surface area contributed by atoms with Crippen molar-refractivity contribution in [3.63, 3.8) is 0 Å². The van der Waals surface area contributed by atoms with E-state index in [1.807, 2.05) is 26.0 Å². The number of carbonyl (C=O) groups is 1. The van der Waals surface area contributed by atoms with E-state index in [-0.39, 0.29) is 5.97 Å². The third kappa shape index (κ3) is 6.27. The van der Waals surface area contributed by atoms with Crippen LogP contribution in [0.15, 0.2) is 24.3 Å². The van der Waals surface area contributed by atoms with Crippen molar-refractivity contribution in [1.29, 1.82) is 0 Å². The second kappa shape index (κ2) is 7.82. The van der Waals surface area contributed by atoms with Crippen molar-refractivity contribution in [1.82, 2.24) is 0 Å². The Morgan fingerprint density at radius 3 is 2.21 bits per heavy atom. The molecule has 0 amide bonds. The summed E-state index contributed by atoms with van der Waals surface area (Å²) in [6.45, 7) is 9.51. The molecule has 0 N–H and O–H groups in total. The van der Waals surface area contributed by atoms with Crippen LogP contribution in [-0.4, -0.2) is 19.2 Å². The smallest absolute Gasteiger partial charge is 0.338 e. The van der Waals surface area contributed by atoms with Gasteiger partial charge in [-0.05, 0) is 42.5 Å². The molecule has 0 spiro atoms. The highest BCUT2D eigenvalue weighted by Gasteiger charge is 2.08. The van der Waals surface area contributed by atoms with Crippen LogP contribution >= 0.6 is 0 Å². The molecular weight excluding hydrogens is 240 g/mol. The zero-order chi connectivity index (χ0) is 14.3. The van der Waals surface area contributed by atoms with E-state index in [0.717, 1.165) is 12.2 Å². The van der Waals surface area contributed by atoms with Crippen LogP contribution in [0.4, 0.5) is 0 Å². The first kappa shape index (κ1) is 15.5. The van der Waals surface area contributed by atoms with E-state index in [2.05, 4.69) is 13.8 Å². The molecule has 0 radical (unpaired) electrons. The summed E-state index contributed by atoms with van der Waals surface area (Å²) >= 11 is 0. The number of benzene rings is 1. The van der Waals surface area contributed by atoms with Crippen molar-refractivity contribution in [2.75, 3.05) is 13.2 Å². The van der Waals surface area contributed by atoms with Crippen molar-refractivity contribution in [3.8, 4) is 5.75 Å². The van der Waals surface area contributed by atoms with Crippen molar-refractivity contribution in [3.05, 3.63) is 29.8 Å². The van der Waals surface area contributed by atoms with Gasteiger partial charge in [-0.3, -0.25) is 0 Å². The molecule has 1 rings (SSSR count). The molecule has 0 aromatic heterocycles. The molecule has 3 heteroatoms. The summed E-state index contributed by atoms with van der Waals surface area (Å²) in [6.07, 6.45) is 1.03. The van der Waals surface area contributed by atoms with Gasteiger partial charge in [0.05, 0.1) is 18.8 Å². The predicted octanol–water partition coefficient (Wildman–Crippen LogP) is 3.92. The average molecular weight is 264 g/mol. The Kier molecular flexibility index (Phi) is 6.40. The second-order valence-corrected chi connectivity index (χ2v) is 5.55. The normalized spacial score (nSPS) is 10.8. The van der Waals surface area contributed by atoms with Gasteiger partial charge >= 0.3 is 5.97 Å². The van der Waals surface area contributed by atoms with E-state index in [0.29, 0.717) is 30.6 Å². The number of rotatable bonds is 7. The first-order chi connectivity index (χ1) is 8.99. The largest absolute Gasteiger partial charge is 0.494 e. The van der Waals surface area contributed by atoms with Crippen molar-refractivity contribution >= 4 is 5.97 Å². The molecule has 0 heterocycles. The van der Waals surface area contributed by atoms with Crippen LogP contribution < -0.4 is 4.74 Å². The van der Waals surface area contributed by atoms with E-state index < -0.39 is 0 Å². The van der Waals surface area contributed by atoms with Crippen LogP contribution in [0.3, 0.4) is 0 Å². The van der Waals surface area contributed by atoms with Gasteiger partial charge in [0.25, 0.3) is 0 Å². The lowest BCUT2D eigenvalue weighted by Crippen LogP contribution is -2.10. The van der Waals surface area contributed by atoms with Gasteiger partial charge < -0.3 is 9.47 Å². The second-order valence-electron chi connectivity index (χ2n) is 5.55. The highest BCUT2D eigenvalue weighted by Crippen LogP contribution is 2.14. The molecule has 19 heavy (non-hydrogen) atoms. The summed E-state index contributed by atoms with van der Waals surface area (Å²) in [6, 6.07) is 7.11. The standard InChI is InChI=1S/C16H24O3/c1-12(2)9-10-18-15-7-5-14(6-8-15)16(17)19-11-13(3)4/h5-8,12-13H,9-11H2,1-4H3. The number of carbonyl (C=O) groups excluding carboxylic acids is 1. The molecule has 0 aliphatic carbocycles. The predicted molar refractivity (Wildman–Crippen MR) is 76.5 cm³/mol. The molecule has 1 aromatic carbocycles. The van der Waals surface area contributed by atoms with Crippen LogP contribution in [0, 0.1) is 11.8 Å². The lowest BCUT2D eigenvalue weighted by molar-refractivity contribution is 0.0459. The molecule has 0 saturated carbocycles. The molecule has 0 atom stereocenters. The van der Waals surface area contributed by atoms with Crippen LogP contribution in [-0.2, 0) is 4.74 Å². The van der Waals surface area contributed by atoms with Crippen LogP contribution in [0.5, 0.6) is 5.75 Å². The maximum atomic E-state index is 11.7. The summed E-state index contributed by atoms with van der Waals surface area (Å²) < 4.78 is 10.8. The maximum Gasteiger partial charge on any atom is 0.338 e. The minimum Gasteiger partial charge on any atom is -0.494 e. The lowest BCUT2D eigenvalue weighted by Gasteiger charge is -2.09. The fraction of sp³-hybridized carbons (Fsp3) is 0.562. The molecular formula is C16H24O3. The summed E-state index contributed by atoms with van der Waals surface area (Å²) in [7, 11) is 0. The zero-order valence-electron chi connectivity index (χ0n) is 12.3. The number of esters is 1. The summed E-state index contributed by atoms with van der Waals surface area (Å²) in [5, 5.41) is 0. The third-order valence-electron chi connectivity index (χ3n) is 2.60. The van der Waals surface area contributed by atoms with Crippen molar-refractivity contribution in [2.24, 2.45) is 11.8 Å². The quantitative estimate of drug-likeness (QED) is 0.700. The van der Waals surface area contributed by atoms with E-state index in [1.165, 1.54) is 0 Å². The highest BCUT2D eigenvalue weighted by molar-refractivity contribution is 5.89. The minimum atomic E-state index is -0.276. The van der Waals surface area contributed by atoms with E-state index in [4.69, 9.17) is 9.47 Å². The first-order valence-electron chi connectivity index (χ1n) is 6.89. The molecule has 106 valence electrons. The average Bonchev–Trinajstić information content (AvgIpc) is 2.36. The van der Waals surface area contributed by atoms with E-state index >= 15 is 0 Å². The van der Waals surface area contributed by atoms with Gasteiger partial charge in [-0.25, -0.2) is 4.79 Å². The lowest BCUT2D eigenvalue weighted by atomic mass is 10.1. The minimum absolute atomic E-state index is 0.276. The number of hydrogen-bond donors (Lipinski definition) is 0. The Balaban J connectivity index is 2.44. The van der Waals surface area contributed by atoms with E-state index in [1.54, 1.807) is 12.1 Å². The van der Waals surface area contributed by atoms with Crippen LogP contribution in [0.1, 0.15) is 44.5 Å². The molecule has 0 aliphatic rings. The Labute approximate surface area is 115 Å². The molecule has 0 saturated heterocycles. The van der Waals surface area contributed by atoms with Gasteiger partial charge in [0, 0.05) is 0 Å². The van der Waals surface area contributed by atoms with Crippen LogP contribution in [0.25, 0.3) is 0 Å². The third-order valence-corrected chi connectivity index (χ3v) is 2.60. The maximum absolute atomic E-state index is 11.7. The van der Waals surface area contributed by atoms with Gasteiger partial charge in [0.1, 0.15) is 5.75 Å². The van der Waals surface area contributed by atoms with Crippen molar-refractivity contribution < 1.29 is 14.3 Å². The van der Waals surface area contributed by atoms with Gasteiger partial charge in [0.2, 0.25) is 0 Å². The molecule has 0 fully saturated rings. The van der Waals surface area contributed by atoms with Gasteiger partial charge in [-0.1, -0.05) is 27.7 Å². The van der Waals surface area contributed by atoms with Gasteiger partial charge in [-0.2, -0.15) is 0 Å². The number of hydrogen-bond acceptors (Lipinski definition) is 3. The monoisotopic (exact) mass is 264 g/mol. The molecule has 1 aromatic rings. The SMILES string of the molecule is CC(C)CCOc1ccc(C(=O)OCC(C)C)cc1.